The maximum atomic E-state index is 12.6. The number of nitrogens with one attached hydrogen (secondary N) is 1. The minimum absolute atomic E-state index is 0.205. The van der Waals surface area contributed by atoms with E-state index in [1.54, 1.807) is 32.9 Å². The Morgan fingerprint density at radius 1 is 1.14 bits per heavy atom. The van der Waals surface area contributed by atoms with Crippen LogP contribution in [0.15, 0.2) is 42.5 Å². The lowest BCUT2D eigenvalue weighted by Gasteiger charge is -2.61. The molecule has 1 amide bonds. The Bertz CT molecular complexity index is 1220. The summed E-state index contributed by atoms with van der Waals surface area (Å²) in [4.78, 5) is 12.4. The summed E-state index contributed by atoms with van der Waals surface area (Å²) < 4.78 is 38.7. The first kappa shape index (κ1) is 26.8. The van der Waals surface area contributed by atoms with Crippen molar-refractivity contribution in [2.75, 3.05) is 11.0 Å². The van der Waals surface area contributed by atoms with E-state index in [2.05, 4.69) is 4.72 Å². The first-order valence-electron chi connectivity index (χ1n) is 11.5. The van der Waals surface area contributed by atoms with E-state index >= 15 is 0 Å². The molecule has 2 aromatic rings. The van der Waals surface area contributed by atoms with Gasteiger partial charge in [-0.2, -0.15) is 0 Å². The van der Waals surface area contributed by atoms with E-state index < -0.39 is 38.3 Å². The number of amides is 1. The van der Waals surface area contributed by atoms with Gasteiger partial charge in [0.05, 0.1) is 11.9 Å². The van der Waals surface area contributed by atoms with Crippen LogP contribution >= 0.6 is 0 Å². The zero-order valence-electron chi connectivity index (χ0n) is 21.4. The van der Waals surface area contributed by atoms with E-state index in [-0.39, 0.29) is 6.42 Å². The highest BCUT2D eigenvalue weighted by molar-refractivity contribution is 7.92. The Balaban J connectivity index is 2.33. The number of aryl methyl sites for hydroxylation is 1. The Kier molecular flexibility index (Phi) is 6.67. The third-order valence-electron chi connectivity index (χ3n) is 6.94. The number of carbonyl (C=O) groups is 1. The van der Waals surface area contributed by atoms with Crippen molar-refractivity contribution in [2.45, 2.75) is 71.2 Å². The average Bonchev–Trinajstić information content (AvgIpc) is 2.71. The number of sulfonamides is 1. The molecule has 0 fully saturated rings. The van der Waals surface area contributed by atoms with Crippen LogP contribution in [0.3, 0.4) is 0 Å². The molecule has 0 radical (unpaired) electrons. The van der Waals surface area contributed by atoms with Crippen LogP contribution in [0.4, 0.5) is 10.5 Å². The summed E-state index contributed by atoms with van der Waals surface area (Å²) in [6.45, 7) is 10.8. The van der Waals surface area contributed by atoms with Crippen molar-refractivity contribution in [2.24, 2.45) is 11.1 Å². The minimum atomic E-state index is -3.55. The molecule has 1 aliphatic rings. The zero-order chi connectivity index (χ0) is 26.4. The van der Waals surface area contributed by atoms with Gasteiger partial charge in [-0.1, -0.05) is 51.1 Å². The van der Waals surface area contributed by atoms with Gasteiger partial charge in [0, 0.05) is 16.5 Å². The maximum absolute atomic E-state index is 12.6. The van der Waals surface area contributed by atoms with Gasteiger partial charge in [-0.15, -0.1) is 0 Å². The Hall–Kier alpha value is -2.78. The molecule has 2 aromatic carbocycles. The molecular weight excluding hydrogens is 468 g/mol. The number of rotatable bonds is 6. The zero-order valence-corrected chi connectivity index (χ0v) is 22.2. The number of primary amides is 1. The SMILES string of the molecule is Cc1c(NS(C)(=O)=O)ccc2c1OC(C)(C)[C@](O)(CCc1ccccc1)[C@]2(OC(N)=O)C(C)(C)C. The van der Waals surface area contributed by atoms with Crippen molar-refractivity contribution in [3.63, 3.8) is 0 Å². The van der Waals surface area contributed by atoms with Crippen molar-refractivity contribution in [3.8, 4) is 5.75 Å². The molecule has 0 bridgehead atoms. The van der Waals surface area contributed by atoms with E-state index in [4.69, 9.17) is 15.2 Å². The fourth-order valence-electron chi connectivity index (χ4n) is 5.31. The van der Waals surface area contributed by atoms with Gasteiger partial charge >= 0.3 is 6.09 Å². The van der Waals surface area contributed by atoms with Gasteiger partial charge in [-0.25, -0.2) is 13.2 Å². The molecule has 8 nitrogen and oxygen atoms in total. The standard InChI is InChI=1S/C26H36N2O6S/c1-17-20(28-35(7,31)32)14-13-19-21(17)33-24(5,6)25(30,16-15-18-11-9-8-10-12-18)26(19,23(2,3)4)34-22(27)29/h8-14,28,30H,15-16H2,1-7H3,(H2,27,29)/t25-,26-/m1/s1. The number of ether oxygens (including phenoxy) is 2. The Labute approximate surface area is 207 Å². The first-order chi connectivity index (χ1) is 16.0. The molecule has 1 aliphatic heterocycles. The van der Waals surface area contributed by atoms with E-state index in [1.807, 2.05) is 51.1 Å². The topological polar surface area (TPSA) is 128 Å². The second-order valence-electron chi connectivity index (χ2n) is 10.8. The van der Waals surface area contributed by atoms with Crippen molar-refractivity contribution < 1.29 is 27.8 Å². The summed E-state index contributed by atoms with van der Waals surface area (Å²) in [6, 6.07) is 12.9. The van der Waals surface area contributed by atoms with Gasteiger partial charge in [-0.3, -0.25) is 4.72 Å². The summed E-state index contributed by atoms with van der Waals surface area (Å²) >= 11 is 0. The van der Waals surface area contributed by atoms with Gasteiger partial charge in [0.25, 0.3) is 0 Å². The van der Waals surface area contributed by atoms with Crippen molar-refractivity contribution in [1.29, 1.82) is 0 Å². The van der Waals surface area contributed by atoms with E-state index in [0.717, 1.165) is 11.8 Å². The smallest absolute Gasteiger partial charge is 0.405 e. The van der Waals surface area contributed by atoms with Crippen LogP contribution in [0.5, 0.6) is 5.75 Å². The van der Waals surface area contributed by atoms with Crippen LogP contribution in [-0.2, 0) is 26.8 Å². The summed E-state index contributed by atoms with van der Waals surface area (Å²) in [5.41, 5.74) is 2.46. The number of hydrogen-bond acceptors (Lipinski definition) is 6. The highest BCUT2D eigenvalue weighted by Crippen LogP contribution is 2.62. The number of carbonyl (C=O) groups excluding carboxylic acids is 1. The van der Waals surface area contributed by atoms with Crippen molar-refractivity contribution in [3.05, 3.63) is 59.2 Å². The molecule has 35 heavy (non-hydrogen) atoms. The molecule has 0 aromatic heterocycles. The van der Waals surface area contributed by atoms with Crippen molar-refractivity contribution in [1.82, 2.24) is 0 Å². The van der Waals surface area contributed by atoms with Crippen LogP contribution in [0.2, 0.25) is 0 Å². The predicted molar refractivity (Wildman–Crippen MR) is 136 cm³/mol. The largest absolute Gasteiger partial charge is 0.484 e. The molecule has 2 atom stereocenters. The number of nitrogens with two attached hydrogens (primary N) is 1. The fraction of sp³-hybridized carbons (Fsp3) is 0.500. The van der Waals surface area contributed by atoms with Crippen LogP contribution in [0.1, 0.15) is 57.7 Å². The van der Waals surface area contributed by atoms with Crippen LogP contribution in [0.25, 0.3) is 0 Å². The molecule has 0 saturated carbocycles. The number of fused-ring (bicyclic) bond motifs is 1. The maximum Gasteiger partial charge on any atom is 0.405 e. The molecule has 0 unspecified atom stereocenters. The summed E-state index contributed by atoms with van der Waals surface area (Å²) in [5.74, 6) is 0.337. The van der Waals surface area contributed by atoms with Crippen LogP contribution in [0, 0.1) is 12.3 Å². The fourth-order valence-corrected chi connectivity index (χ4v) is 5.93. The molecular formula is C26H36N2O6S. The normalized spacial score (nSPS) is 23.7. The summed E-state index contributed by atoms with van der Waals surface area (Å²) in [5, 5.41) is 12.6. The second kappa shape index (κ2) is 8.71. The highest BCUT2D eigenvalue weighted by atomic mass is 32.2. The highest BCUT2D eigenvalue weighted by Gasteiger charge is 2.71. The van der Waals surface area contributed by atoms with Crippen molar-refractivity contribution >= 4 is 21.8 Å². The van der Waals surface area contributed by atoms with E-state index in [0.29, 0.717) is 29.0 Å². The van der Waals surface area contributed by atoms with Crippen LogP contribution in [-0.4, -0.2) is 37.1 Å². The molecule has 4 N–H and O–H groups in total. The minimum Gasteiger partial charge on any atom is -0.484 e. The lowest BCUT2D eigenvalue weighted by molar-refractivity contribution is -0.281. The van der Waals surface area contributed by atoms with E-state index in [1.165, 1.54) is 0 Å². The van der Waals surface area contributed by atoms with Gasteiger partial charge in [-0.05, 0) is 51.3 Å². The molecule has 3 rings (SSSR count). The predicted octanol–water partition coefficient (Wildman–Crippen LogP) is 4.24. The monoisotopic (exact) mass is 504 g/mol. The number of aliphatic hydroxyl groups is 1. The third-order valence-corrected chi connectivity index (χ3v) is 7.54. The third kappa shape index (κ3) is 4.59. The number of benzene rings is 2. The summed E-state index contributed by atoms with van der Waals surface area (Å²) in [7, 11) is -3.55. The van der Waals surface area contributed by atoms with Gasteiger partial charge in [0.15, 0.2) is 5.60 Å². The van der Waals surface area contributed by atoms with Gasteiger partial charge < -0.3 is 20.3 Å². The Morgan fingerprint density at radius 3 is 2.26 bits per heavy atom. The van der Waals surface area contributed by atoms with E-state index in [9.17, 15) is 18.3 Å². The Morgan fingerprint density at radius 2 is 1.74 bits per heavy atom. The number of hydrogen-bond donors (Lipinski definition) is 3. The molecule has 1 heterocycles. The lowest BCUT2D eigenvalue weighted by atomic mass is 9.55. The van der Waals surface area contributed by atoms with Gasteiger partial charge in [0.2, 0.25) is 10.0 Å². The molecule has 0 spiro atoms. The molecule has 9 heteroatoms. The molecule has 192 valence electrons. The molecule has 0 saturated heterocycles. The first-order valence-corrected chi connectivity index (χ1v) is 13.4. The average molecular weight is 505 g/mol. The van der Waals surface area contributed by atoms with Crippen LogP contribution < -0.4 is 15.2 Å². The van der Waals surface area contributed by atoms with Gasteiger partial charge in [0.1, 0.15) is 17.0 Å². The molecule has 0 aliphatic carbocycles. The second-order valence-corrected chi connectivity index (χ2v) is 12.5. The number of anilines is 1. The lowest BCUT2D eigenvalue weighted by Crippen LogP contribution is -2.73. The quantitative estimate of drug-likeness (QED) is 0.540. The summed E-state index contributed by atoms with van der Waals surface area (Å²) in [6.07, 6.45) is 0.731.